The number of rotatable bonds is 7. The van der Waals surface area contributed by atoms with Crippen molar-refractivity contribution >= 4 is 5.91 Å². The minimum Gasteiger partial charge on any atom is -0.390 e. The number of carbonyl (C=O) groups excluding carboxylic acids is 1. The first-order chi connectivity index (χ1) is 9.04. The van der Waals surface area contributed by atoms with E-state index in [1.807, 2.05) is 24.3 Å². The summed E-state index contributed by atoms with van der Waals surface area (Å²) in [4.78, 5) is 10.7. The summed E-state index contributed by atoms with van der Waals surface area (Å²) in [6.07, 6.45) is 0.647. The van der Waals surface area contributed by atoms with Gasteiger partial charge in [0.15, 0.2) is 0 Å². The van der Waals surface area contributed by atoms with Gasteiger partial charge in [0.05, 0.1) is 6.10 Å². The monoisotopic (exact) mass is 265 g/mol. The fraction of sp³-hybridized carbons (Fsp3) is 0.533. The lowest BCUT2D eigenvalue weighted by Gasteiger charge is -2.18. The van der Waals surface area contributed by atoms with Crippen LogP contribution in [0.4, 0.5) is 0 Å². The summed E-state index contributed by atoms with van der Waals surface area (Å²) in [5.74, 6) is -0.134. The van der Waals surface area contributed by atoms with Gasteiger partial charge in [-0.25, -0.2) is 0 Å². The van der Waals surface area contributed by atoms with Gasteiger partial charge in [0.25, 0.3) is 0 Å². The smallest absolute Gasteiger partial charge is 0.216 e. The SMILES string of the molecule is CCCc1ccc(C(O)C(O)CCNC(C)=O)cc1. The van der Waals surface area contributed by atoms with E-state index in [9.17, 15) is 15.0 Å². The van der Waals surface area contributed by atoms with Crippen LogP contribution in [0.1, 0.15) is 43.9 Å². The maximum Gasteiger partial charge on any atom is 0.216 e. The van der Waals surface area contributed by atoms with Crippen molar-refractivity contribution in [3.05, 3.63) is 35.4 Å². The van der Waals surface area contributed by atoms with E-state index < -0.39 is 12.2 Å². The largest absolute Gasteiger partial charge is 0.390 e. The van der Waals surface area contributed by atoms with Gasteiger partial charge in [0, 0.05) is 13.5 Å². The van der Waals surface area contributed by atoms with Crippen LogP contribution in [0.3, 0.4) is 0 Å². The summed E-state index contributed by atoms with van der Waals surface area (Å²) in [5.41, 5.74) is 1.93. The average molecular weight is 265 g/mol. The second-order valence-corrected chi connectivity index (χ2v) is 4.78. The van der Waals surface area contributed by atoms with E-state index in [1.54, 1.807) is 0 Å². The third kappa shape index (κ3) is 5.41. The predicted octanol–water partition coefficient (Wildman–Crippen LogP) is 1.56. The number of benzene rings is 1. The molecule has 0 spiro atoms. The van der Waals surface area contributed by atoms with E-state index in [0.29, 0.717) is 18.5 Å². The van der Waals surface area contributed by atoms with Crippen LogP contribution in [0.25, 0.3) is 0 Å². The molecule has 2 unspecified atom stereocenters. The standard InChI is InChI=1S/C15H23NO3/c1-3-4-12-5-7-13(8-6-12)15(19)14(18)9-10-16-11(2)17/h5-8,14-15,18-19H,3-4,9-10H2,1-2H3,(H,16,17). The second-order valence-electron chi connectivity index (χ2n) is 4.78. The van der Waals surface area contributed by atoms with Gasteiger partial charge in [0.2, 0.25) is 5.91 Å². The van der Waals surface area contributed by atoms with Crippen LogP contribution in [0.2, 0.25) is 0 Å². The van der Waals surface area contributed by atoms with Crippen molar-refractivity contribution in [3.8, 4) is 0 Å². The van der Waals surface area contributed by atoms with Crippen molar-refractivity contribution in [2.75, 3.05) is 6.54 Å². The van der Waals surface area contributed by atoms with Crippen LogP contribution in [0.15, 0.2) is 24.3 Å². The van der Waals surface area contributed by atoms with E-state index in [0.717, 1.165) is 12.8 Å². The van der Waals surface area contributed by atoms with Gasteiger partial charge >= 0.3 is 0 Å². The molecule has 3 N–H and O–H groups in total. The first-order valence-electron chi connectivity index (χ1n) is 6.74. The molecule has 1 amide bonds. The highest BCUT2D eigenvalue weighted by Gasteiger charge is 2.17. The predicted molar refractivity (Wildman–Crippen MR) is 74.7 cm³/mol. The number of nitrogens with one attached hydrogen (secondary N) is 1. The quantitative estimate of drug-likeness (QED) is 0.700. The van der Waals surface area contributed by atoms with Crippen LogP contribution in [-0.2, 0) is 11.2 Å². The number of aliphatic hydroxyl groups is 2. The molecule has 2 atom stereocenters. The molecule has 0 radical (unpaired) electrons. The van der Waals surface area contributed by atoms with Gasteiger partial charge in [-0.1, -0.05) is 37.6 Å². The maximum absolute atomic E-state index is 10.7. The molecule has 4 heteroatoms. The number of hydrogen-bond acceptors (Lipinski definition) is 3. The summed E-state index contributed by atoms with van der Waals surface area (Å²) in [7, 11) is 0. The molecule has 0 aliphatic carbocycles. The molecule has 0 aromatic heterocycles. The Hall–Kier alpha value is -1.39. The summed E-state index contributed by atoms with van der Waals surface area (Å²) < 4.78 is 0. The summed E-state index contributed by atoms with van der Waals surface area (Å²) in [5, 5.41) is 22.5. The van der Waals surface area contributed by atoms with Gasteiger partial charge in [-0.05, 0) is 24.0 Å². The summed E-state index contributed by atoms with van der Waals surface area (Å²) in [6, 6.07) is 7.64. The van der Waals surface area contributed by atoms with E-state index in [1.165, 1.54) is 12.5 Å². The van der Waals surface area contributed by atoms with Gasteiger partial charge in [-0.2, -0.15) is 0 Å². The fourth-order valence-corrected chi connectivity index (χ4v) is 1.95. The molecule has 0 fully saturated rings. The summed E-state index contributed by atoms with van der Waals surface area (Å²) in [6.45, 7) is 3.91. The Bertz CT molecular complexity index is 389. The molecule has 106 valence electrons. The first-order valence-corrected chi connectivity index (χ1v) is 6.74. The Labute approximate surface area is 114 Å². The minimum absolute atomic E-state index is 0.134. The van der Waals surface area contributed by atoms with Crippen molar-refractivity contribution in [1.82, 2.24) is 5.32 Å². The van der Waals surface area contributed by atoms with E-state index in [-0.39, 0.29) is 5.91 Å². The van der Waals surface area contributed by atoms with Gasteiger partial charge < -0.3 is 15.5 Å². The number of carbonyl (C=O) groups is 1. The molecule has 19 heavy (non-hydrogen) atoms. The molecule has 1 rings (SSSR count). The van der Waals surface area contributed by atoms with Crippen molar-refractivity contribution < 1.29 is 15.0 Å². The third-order valence-electron chi connectivity index (χ3n) is 3.04. The molecule has 0 aliphatic rings. The molecule has 0 saturated carbocycles. The zero-order chi connectivity index (χ0) is 14.3. The Morgan fingerprint density at radius 2 is 1.89 bits per heavy atom. The average Bonchev–Trinajstić information content (AvgIpc) is 2.38. The van der Waals surface area contributed by atoms with Crippen molar-refractivity contribution in [1.29, 1.82) is 0 Å². The number of aliphatic hydroxyl groups excluding tert-OH is 2. The molecule has 1 aromatic rings. The molecule has 0 heterocycles. The van der Waals surface area contributed by atoms with Gasteiger partial charge in [-0.3, -0.25) is 4.79 Å². The molecular formula is C15H23NO3. The van der Waals surface area contributed by atoms with Crippen molar-refractivity contribution in [2.24, 2.45) is 0 Å². The normalized spacial score (nSPS) is 13.9. The Morgan fingerprint density at radius 3 is 2.42 bits per heavy atom. The highest BCUT2D eigenvalue weighted by atomic mass is 16.3. The highest BCUT2D eigenvalue weighted by Crippen LogP contribution is 2.19. The fourth-order valence-electron chi connectivity index (χ4n) is 1.95. The van der Waals surface area contributed by atoms with E-state index in [2.05, 4.69) is 12.2 Å². The third-order valence-corrected chi connectivity index (χ3v) is 3.04. The van der Waals surface area contributed by atoms with Crippen LogP contribution < -0.4 is 5.32 Å². The van der Waals surface area contributed by atoms with Crippen LogP contribution in [0.5, 0.6) is 0 Å². The van der Waals surface area contributed by atoms with Gasteiger partial charge in [0.1, 0.15) is 6.10 Å². The summed E-state index contributed by atoms with van der Waals surface area (Å²) >= 11 is 0. The van der Waals surface area contributed by atoms with E-state index >= 15 is 0 Å². The lowest BCUT2D eigenvalue weighted by molar-refractivity contribution is -0.119. The van der Waals surface area contributed by atoms with Crippen LogP contribution in [-0.4, -0.2) is 28.8 Å². The zero-order valence-electron chi connectivity index (χ0n) is 11.6. The van der Waals surface area contributed by atoms with Crippen molar-refractivity contribution in [3.63, 3.8) is 0 Å². The number of hydrogen-bond donors (Lipinski definition) is 3. The Balaban J connectivity index is 2.51. The Kier molecular flexibility index (Phi) is 6.53. The number of amides is 1. The lowest BCUT2D eigenvalue weighted by atomic mass is 10.00. The highest BCUT2D eigenvalue weighted by molar-refractivity contribution is 5.72. The second kappa shape index (κ2) is 7.92. The molecule has 4 nitrogen and oxygen atoms in total. The maximum atomic E-state index is 10.7. The molecular weight excluding hydrogens is 242 g/mol. The van der Waals surface area contributed by atoms with E-state index in [4.69, 9.17) is 0 Å². The first kappa shape index (κ1) is 15.7. The van der Waals surface area contributed by atoms with Crippen LogP contribution >= 0.6 is 0 Å². The lowest BCUT2D eigenvalue weighted by Crippen LogP contribution is -2.27. The minimum atomic E-state index is -0.913. The van der Waals surface area contributed by atoms with Crippen LogP contribution in [0, 0.1) is 0 Å². The topological polar surface area (TPSA) is 69.6 Å². The molecule has 1 aromatic carbocycles. The molecule has 0 bridgehead atoms. The van der Waals surface area contributed by atoms with Gasteiger partial charge in [-0.15, -0.1) is 0 Å². The zero-order valence-corrected chi connectivity index (χ0v) is 11.6. The molecule has 0 saturated heterocycles. The van der Waals surface area contributed by atoms with Crippen molar-refractivity contribution in [2.45, 2.75) is 45.3 Å². The Morgan fingerprint density at radius 1 is 1.26 bits per heavy atom. The molecule has 0 aliphatic heterocycles. The number of aryl methyl sites for hydroxylation is 1.